The maximum Gasteiger partial charge on any atom is 0.129 e. The van der Waals surface area contributed by atoms with Gasteiger partial charge in [-0.05, 0) is 25.0 Å². The Morgan fingerprint density at radius 1 is 1.71 bits per heavy atom. The Hall–Kier alpha value is -0.930. The minimum atomic E-state index is -2.23. The Balaban J connectivity index is 2.17. The lowest BCUT2D eigenvalue weighted by Gasteiger charge is -2.26. The van der Waals surface area contributed by atoms with Crippen molar-refractivity contribution in [1.82, 2.24) is 5.32 Å². The van der Waals surface area contributed by atoms with Gasteiger partial charge in [0.1, 0.15) is 5.82 Å². The molecular formula is C11H14FNO. The van der Waals surface area contributed by atoms with Gasteiger partial charge in [0, 0.05) is 16.2 Å². The Labute approximate surface area is 87.3 Å². The first kappa shape index (κ1) is 6.53. The van der Waals surface area contributed by atoms with Gasteiger partial charge < -0.3 is 10.1 Å². The van der Waals surface area contributed by atoms with Crippen molar-refractivity contribution >= 4 is 0 Å². The van der Waals surface area contributed by atoms with Gasteiger partial charge in [0.25, 0.3) is 0 Å². The van der Waals surface area contributed by atoms with Crippen molar-refractivity contribution < 1.29 is 13.2 Å². The molecule has 0 radical (unpaired) electrons. The SMILES string of the molecule is [2H]C([2H])([2H])NC[C@@H]1OCCc2cccc(F)c21. The van der Waals surface area contributed by atoms with Crippen molar-refractivity contribution in [1.29, 1.82) is 0 Å². The minimum absolute atomic E-state index is 0.0877. The Bertz CT molecular complexity index is 408. The number of nitrogens with one attached hydrogen (secondary N) is 1. The maximum atomic E-state index is 13.7. The third-order valence-corrected chi connectivity index (χ3v) is 2.44. The third-order valence-electron chi connectivity index (χ3n) is 2.44. The van der Waals surface area contributed by atoms with Crippen molar-refractivity contribution in [3.63, 3.8) is 0 Å². The molecule has 0 fully saturated rings. The van der Waals surface area contributed by atoms with E-state index in [4.69, 9.17) is 8.85 Å². The van der Waals surface area contributed by atoms with Crippen LogP contribution >= 0.6 is 0 Å². The molecule has 2 nitrogen and oxygen atoms in total. The monoisotopic (exact) mass is 198 g/mol. The molecule has 0 spiro atoms. The highest BCUT2D eigenvalue weighted by Crippen LogP contribution is 2.28. The van der Waals surface area contributed by atoms with Crippen LogP contribution in [0.3, 0.4) is 0 Å². The highest BCUT2D eigenvalue weighted by atomic mass is 19.1. The molecule has 1 aliphatic heterocycles. The molecule has 0 bridgehead atoms. The predicted octanol–water partition coefficient (Wildman–Crippen LogP) is 1.66. The Kier molecular flexibility index (Phi) is 1.90. The van der Waals surface area contributed by atoms with E-state index in [1.54, 1.807) is 6.07 Å². The molecule has 0 aromatic heterocycles. The second-order valence-corrected chi connectivity index (χ2v) is 3.30. The van der Waals surface area contributed by atoms with Crippen LogP contribution in [0.1, 0.15) is 21.3 Å². The molecule has 1 aliphatic rings. The van der Waals surface area contributed by atoms with Gasteiger partial charge in [-0.2, -0.15) is 0 Å². The highest BCUT2D eigenvalue weighted by Gasteiger charge is 2.23. The van der Waals surface area contributed by atoms with Gasteiger partial charge >= 0.3 is 0 Å². The van der Waals surface area contributed by atoms with Crippen LogP contribution in [0.15, 0.2) is 18.2 Å². The molecule has 1 heterocycles. The lowest BCUT2D eigenvalue weighted by molar-refractivity contribution is 0.0410. The van der Waals surface area contributed by atoms with Gasteiger partial charge in [-0.25, -0.2) is 4.39 Å². The zero-order valence-corrected chi connectivity index (χ0v) is 7.72. The fourth-order valence-electron chi connectivity index (χ4n) is 1.81. The van der Waals surface area contributed by atoms with Crippen LogP contribution in [0.5, 0.6) is 0 Å². The summed E-state index contributed by atoms with van der Waals surface area (Å²) in [5, 5.41) is 2.37. The standard InChI is InChI=1S/C11H14FNO/c1-13-7-10-11-8(5-6-14-10)3-2-4-9(11)12/h2-4,10,13H,5-7H2,1H3/t10-/m0/s1/i1D3. The summed E-state index contributed by atoms with van der Waals surface area (Å²) < 4.78 is 40.3. The molecule has 0 unspecified atom stereocenters. The lowest BCUT2D eigenvalue weighted by Crippen LogP contribution is -2.26. The van der Waals surface area contributed by atoms with Crippen LogP contribution in [0.2, 0.25) is 0 Å². The summed E-state index contributed by atoms with van der Waals surface area (Å²) in [6, 6.07) is 4.88. The zero-order valence-electron chi connectivity index (χ0n) is 10.7. The summed E-state index contributed by atoms with van der Waals surface area (Å²) >= 11 is 0. The molecule has 0 amide bonds. The van der Waals surface area contributed by atoms with E-state index in [9.17, 15) is 4.39 Å². The minimum Gasteiger partial charge on any atom is -0.372 e. The van der Waals surface area contributed by atoms with Gasteiger partial charge in [0.15, 0.2) is 0 Å². The van der Waals surface area contributed by atoms with Crippen LogP contribution < -0.4 is 5.32 Å². The van der Waals surface area contributed by atoms with Gasteiger partial charge in [-0.1, -0.05) is 12.1 Å². The van der Waals surface area contributed by atoms with E-state index in [0.29, 0.717) is 18.6 Å². The number of benzene rings is 1. The fraction of sp³-hybridized carbons (Fsp3) is 0.455. The Morgan fingerprint density at radius 2 is 2.64 bits per heavy atom. The fourth-order valence-corrected chi connectivity index (χ4v) is 1.81. The van der Waals surface area contributed by atoms with Crippen molar-refractivity contribution in [2.24, 2.45) is 0 Å². The number of rotatable bonds is 2. The summed E-state index contributed by atoms with van der Waals surface area (Å²) in [5.41, 5.74) is 1.38. The molecule has 3 heteroatoms. The van der Waals surface area contributed by atoms with E-state index in [1.807, 2.05) is 6.07 Å². The average Bonchev–Trinajstić information content (AvgIpc) is 2.25. The summed E-state index contributed by atoms with van der Waals surface area (Å²) in [6.07, 6.45) is 0.137. The normalized spacial score (nSPS) is 24.6. The molecule has 0 saturated carbocycles. The van der Waals surface area contributed by atoms with Crippen LogP contribution in [-0.4, -0.2) is 20.1 Å². The van der Waals surface area contributed by atoms with Crippen molar-refractivity contribution in [3.05, 3.63) is 35.1 Å². The number of ether oxygens (including phenoxy) is 1. The first-order valence-corrected chi connectivity index (χ1v) is 4.61. The topological polar surface area (TPSA) is 21.3 Å². The van der Waals surface area contributed by atoms with Crippen molar-refractivity contribution in [2.45, 2.75) is 12.5 Å². The molecule has 0 saturated heterocycles. The van der Waals surface area contributed by atoms with Gasteiger partial charge in [-0.15, -0.1) is 0 Å². The van der Waals surface area contributed by atoms with E-state index >= 15 is 0 Å². The molecular weight excluding hydrogens is 181 g/mol. The zero-order chi connectivity index (χ0) is 12.5. The molecule has 14 heavy (non-hydrogen) atoms. The van der Waals surface area contributed by atoms with E-state index in [0.717, 1.165) is 5.56 Å². The Morgan fingerprint density at radius 3 is 3.50 bits per heavy atom. The van der Waals surface area contributed by atoms with E-state index in [-0.39, 0.29) is 12.4 Å². The van der Waals surface area contributed by atoms with E-state index < -0.39 is 13.1 Å². The summed E-state index contributed by atoms with van der Waals surface area (Å²) in [6.45, 7) is -1.65. The maximum absolute atomic E-state index is 13.7. The number of hydrogen-bond acceptors (Lipinski definition) is 2. The number of halogens is 1. The number of likely N-dealkylation sites (N-methyl/N-ethyl adjacent to an activating group) is 1. The van der Waals surface area contributed by atoms with Crippen LogP contribution in [-0.2, 0) is 11.2 Å². The molecule has 76 valence electrons. The quantitative estimate of drug-likeness (QED) is 0.780. The van der Waals surface area contributed by atoms with E-state index in [1.165, 1.54) is 6.07 Å². The van der Waals surface area contributed by atoms with Crippen molar-refractivity contribution in [2.75, 3.05) is 20.1 Å². The second kappa shape index (κ2) is 4.07. The number of fused-ring (bicyclic) bond motifs is 1. The summed E-state index contributed by atoms with van der Waals surface area (Å²) in [4.78, 5) is 0. The predicted molar refractivity (Wildman–Crippen MR) is 52.7 cm³/mol. The summed E-state index contributed by atoms with van der Waals surface area (Å²) in [5.74, 6) is -0.334. The third kappa shape index (κ3) is 1.65. The van der Waals surface area contributed by atoms with Gasteiger partial charge in [-0.3, -0.25) is 0 Å². The largest absolute Gasteiger partial charge is 0.372 e. The van der Waals surface area contributed by atoms with Gasteiger partial charge in [0.2, 0.25) is 0 Å². The molecule has 1 N–H and O–H groups in total. The highest BCUT2D eigenvalue weighted by molar-refractivity contribution is 5.32. The molecule has 0 aliphatic carbocycles. The van der Waals surface area contributed by atoms with E-state index in [2.05, 4.69) is 5.32 Å². The van der Waals surface area contributed by atoms with Gasteiger partial charge in [0.05, 0.1) is 12.7 Å². The first-order valence-electron chi connectivity index (χ1n) is 6.11. The molecule has 1 atom stereocenters. The summed E-state index contributed by atoms with van der Waals surface area (Å²) in [7, 11) is 0. The van der Waals surface area contributed by atoms with Crippen molar-refractivity contribution in [3.8, 4) is 0 Å². The smallest absolute Gasteiger partial charge is 0.129 e. The van der Waals surface area contributed by atoms with Crippen LogP contribution in [0, 0.1) is 5.82 Å². The molecule has 1 aromatic rings. The van der Waals surface area contributed by atoms with Crippen LogP contribution in [0.4, 0.5) is 4.39 Å². The molecule has 1 aromatic carbocycles. The first-order chi connectivity index (χ1) is 7.97. The average molecular weight is 198 g/mol. The van der Waals surface area contributed by atoms with Crippen LogP contribution in [0.25, 0.3) is 0 Å². The second-order valence-electron chi connectivity index (χ2n) is 3.30. The molecule has 2 rings (SSSR count). The number of hydrogen-bond donors (Lipinski definition) is 1. The lowest BCUT2D eigenvalue weighted by atomic mass is 9.97.